The fourth-order valence-electron chi connectivity index (χ4n) is 3.32. The zero-order chi connectivity index (χ0) is 18.7. The third kappa shape index (κ3) is 3.33. The van der Waals surface area contributed by atoms with Gasteiger partial charge in [0.2, 0.25) is 0 Å². The molecule has 3 rings (SSSR count). The highest BCUT2D eigenvalue weighted by Gasteiger charge is 2.34. The number of carbonyl (C=O) groups is 2. The Morgan fingerprint density at radius 3 is 2.46 bits per heavy atom. The Kier molecular flexibility index (Phi) is 5.06. The number of methoxy groups -OCH3 is 2. The zero-order valence-electron chi connectivity index (χ0n) is 14.6. The second kappa shape index (κ2) is 7.43. The van der Waals surface area contributed by atoms with E-state index in [1.165, 1.54) is 7.11 Å². The van der Waals surface area contributed by atoms with Crippen molar-refractivity contribution in [2.24, 2.45) is 0 Å². The predicted octanol–water partition coefficient (Wildman–Crippen LogP) is 2.31. The van der Waals surface area contributed by atoms with Gasteiger partial charge in [-0.25, -0.2) is 0 Å². The highest BCUT2D eigenvalue weighted by molar-refractivity contribution is 5.94. The molecule has 1 aromatic carbocycles. The van der Waals surface area contributed by atoms with Crippen molar-refractivity contribution in [3.8, 4) is 11.5 Å². The molecule has 0 radical (unpaired) electrons. The van der Waals surface area contributed by atoms with Crippen LogP contribution in [-0.4, -0.2) is 47.6 Å². The minimum absolute atomic E-state index is 0.181. The van der Waals surface area contributed by atoms with Crippen LogP contribution in [-0.2, 0) is 11.2 Å². The van der Waals surface area contributed by atoms with Gasteiger partial charge in [0.1, 0.15) is 0 Å². The van der Waals surface area contributed by atoms with Gasteiger partial charge in [-0.3, -0.25) is 14.6 Å². The molecule has 0 spiro atoms. The van der Waals surface area contributed by atoms with Crippen molar-refractivity contribution in [3.05, 3.63) is 53.3 Å². The highest BCUT2D eigenvalue weighted by atomic mass is 16.5. The SMILES string of the molecule is COc1cc2c(cc1OC)C(CC(=O)O)N(C(=O)c1ccncc1)CC2. The number of hydrogen-bond acceptors (Lipinski definition) is 5. The van der Waals surface area contributed by atoms with E-state index < -0.39 is 12.0 Å². The molecule has 1 aliphatic heterocycles. The standard InChI is InChI=1S/C19H20N2O5/c1-25-16-9-13-5-8-21(19(24)12-3-6-20-7-4-12)15(11-18(22)23)14(13)10-17(16)26-2/h3-4,6-7,9-10,15H,5,8,11H2,1-2H3,(H,22,23). The number of carboxylic acid groups (broad SMARTS) is 1. The molecule has 2 heterocycles. The Morgan fingerprint density at radius 1 is 1.19 bits per heavy atom. The fraction of sp³-hybridized carbons (Fsp3) is 0.316. The van der Waals surface area contributed by atoms with Crippen molar-refractivity contribution in [1.82, 2.24) is 9.88 Å². The summed E-state index contributed by atoms with van der Waals surface area (Å²) in [5.41, 5.74) is 2.23. The molecule has 0 aliphatic carbocycles. The van der Waals surface area contributed by atoms with E-state index in [1.54, 1.807) is 42.6 Å². The number of benzene rings is 1. The molecule has 136 valence electrons. The van der Waals surface area contributed by atoms with Crippen LogP contribution in [0.15, 0.2) is 36.7 Å². The lowest BCUT2D eigenvalue weighted by atomic mass is 9.89. The maximum absolute atomic E-state index is 12.9. The van der Waals surface area contributed by atoms with Crippen LogP contribution in [0.3, 0.4) is 0 Å². The molecule has 0 saturated carbocycles. The van der Waals surface area contributed by atoms with Gasteiger partial charge in [0.05, 0.1) is 26.7 Å². The molecule has 1 unspecified atom stereocenters. The molecule has 1 aliphatic rings. The number of hydrogen-bond donors (Lipinski definition) is 1. The van der Waals surface area contributed by atoms with Crippen molar-refractivity contribution in [2.75, 3.05) is 20.8 Å². The molecule has 7 heteroatoms. The van der Waals surface area contributed by atoms with Crippen LogP contribution in [0.25, 0.3) is 0 Å². The zero-order valence-corrected chi connectivity index (χ0v) is 14.6. The van der Waals surface area contributed by atoms with Gasteiger partial charge in [-0.05, 0) is 41.8 Å². The van der Waals surface area contributed by atoms with E-state index in [4.69, 9.17) is 9.47 Å². The number of rotatable bonds is 5. The van der Waals surface area contributed by atoms with E-state index in [2.05, 4.69) is 4.98 Å². The van der Waals surface area contributed by atoms with Gasteiger partial charge in [0, 0.05) is 24.5 Å². The number of aromatic nitrogens is 1. The molecule has 2 aromatic rings. The van der Waals surface area contributed by atoms with Gasteiger partial charge >= 0.3 is 5.97 Å². The number of fused-ring (bicyclic) bond motifs is 1. The van der Waals surface area contributed by atoms with Crippen LogP contribution in [0.5, 0.6) is 11.5 Å². The van der Waals surface area contributed by atoms with Gasteiger partial charge in [-0.2, -0.15) is 0 Å². The first kappa shape index (κ1) is 17.7. The number of carboxylic acids is 1. The van der Waals surface area contributed by atoms with Crippen LogP contribution >= 0.6 is 0 Å². The fourth-order valence-corrected chi connectivity index (χ4v) is 3.32. The third-order valence-electron chi connectivity index (χ3n) is 4.56. The summed E-state index contributed by atoms with van der Waals surface area (Å²) in [6.45, 7) is 0.432. The molecule has 7 nitrogen and oxygen atoms in total. The second-order valence-corrected chi connectivity index (χ2v) is 6.00. The lowest BCUT2D eigenvalue weighted by Crippen LogP contribution is -2.41. The Balaban J connectivity index is 2.04. The van der Waals surface area contributed by atoms with Gasteiger partial charge in [-0.1, -0.05) is 0 Å². The van der Waals surface area contributed by atoms with E-state index >= 15 is 0 Å². The van der Waals surface area contributed by atoms with Crippen molar-refractivity contribution >= 4 is 11.9 Å². The summed E-state index contributed by atoms with van der Waals surface area (Å²) in [6.07, 6.45) is 3.53. The molecular formula is C19H20N2O5. The van der Waals surface area contributed by atoms with Crippen molar-refractivity contribution < 1.29 is 24.2 Å². The highest BCUT2D eigenvalue weighted by Crippen LogP contribution is 2.39. The first-order valence-corrected chi connectivity index (χ1v) is 8.22. The molecule has 1 aromatic heterocycles. The first-order chi connectivity index (χ1) is 12.5. The van der Waals surface area contributed by atoms with Crippen LogP contribution < -0.4 is 9.47 Å². The van der Waals surface area contributed by atoms with E-state index in [0.717, 1.165) is 11.1 Å². The normalized spacial score (nSPS) is 15.9. The summed E-state index contributed by atoms with van der Waals surface area (Å²) in [5.74, 6) is -0.0710. The Labute approximate surface area is 151 Å². The van der Waals surface area contributed by atoms with Crippen molar-refractivity contribution in [2.45, 2.75) is 18.9 Å². The largest absolute Gasteiger partial charge is 0.493 e. The number of carbonyl (C=O) groups excluding carboxylic acids is 1. The smallest absolute Gasteiger partial charge is 0.305 e. The first-order valence-electron chi connectivity index (χ1n) is 8.22. The maximum atomic E-state index is 12.9. The van der Waals surface area contributed by atoms with Crippen LogP contribution in [0.4, 0.5) is 0 Å². The molecule has 1 amide bonds. The Bertz CT molecular complexity index is 822. The van der Waals surface area contributed by atoms with E-state index in [0.29, 0.717) is 30.0 Å². The van der Waals surface area contributed by atoms with Gasteiger partial charge in [-0.15, -0.1) is 0 Å². The minimum Gasteiger partial charge on any atom is -0.493 e. The monoisotopic (exact) mass is 356 g/mol. The van der Waals surface area contributed by atoms with Gasteiger partial charge < -0.3 is 19.5 Å². The number of ether oxygens (including phenoxy) is 2. The van der Waals surface area contributed by atoms with Crippen molar-refractivity contribution in [1.29, 1.82) is 0 Å². The Morgan fingerprint density at radius 2 is 1.85 bits per heavy atom. The average Bonchev–Trinajstić information content (AvgIpc) is 2.67. The Hall–Kier alpha value is -3.09. The topological polar surface area (TPSA) is 89.0 Å². The summed E-state index contributed by atoms with van der Waals surface area (Å²) in [5, 5.41) is 9.38. The minimum atomic E-state index is -0.967. The molecular weight excluding hydrogens is 336 g/mol. The van der Waals surface area contributed by atoms with Gasteiger partial charge in [0.15, 0.2) is 11.5 Å². The van der Waals surface area contributed by atoms with Crippen LogP contribution in [0.1, 0.15) is 33.9 Å². The maximum Gasteiger partial charge on any atom is 0.305 e. The molecule has 0 bridgehead atoms. The van der Waals surface area contributed by atoms with E-state index in [1.807, 2.05) is 6.07 Å². The third-order valence-corrected chi connectivity index (χ3v) is 4.56. The average molecular weight is 356 g/mol. The summed E-state index contributed by atoms with van der Waals surface area (Å²) in [6, 6.07) is 6.32. The number of pyridine rings is 1. The van der Waals surface area contributed by atoms with E-state index in [-0.39, 0.29) is 12.3 Å². The molecule has 0 saturated heterocycles. The molecule has 26 heavy (non-hydrogen) atoms. The predicted molar refractivity (Wildman–Crippen MR) is 93.5 cm³/mol. The summed E-state index contributed by atoms with van der Waals surface area (Å²) in [7, 11) is 3.08. The number of aliphatic carboxylic acids is 1. The molecule has 0 fully saturated rings. The van der Waals surface area contributed by atoms with Crippen molar-refractivity contribution in [3.63, 3.8) is 0 Å². The summed E-state index contributed by atoms with van der Waals surface area (Å²) >= 11 is 0. The van der Waals surface area contributed by atoms with E-state index in [9.17, 15) is 14.7 Å². The van der Waals surface area contributed by atoms with Gasteiger partial charge in [0.25, 0.3) is 5.91 Å². The van der Waals surface area contributed by atoms with Crippen LogP contribution in [0, 0.1) is 0 Å². The molecule has 1 N–H and O–H groups in total. The summed E-state index contributed by atoms with van der Waals surface area (Å²) in [4.78, 5) is 29.9. The molecule has 1 atom stereocenters. The second-order valence-electron chi connectivity index (χ2n) is 6.00. The van der Waals surface area contributed by atoms with Crippen LogP contribution in [0.2, 0.25) is 0 Å². The number of nitrogens with zero attached hydrogens (tertiary/aromatic N) is 2. The number of amides is 1. The quantitative estimate of drug-likeness (QED) is 0.884. The lowest BCUT2D eigenvalue weighted by molar-refractivity contribution is -0.138. The summed E-state index contributed by atoms with van der Waals surface area (Å²) < 4.78 is 10.7. The lowest BCUT2D eigenvalue weighted by Gasteiger charge is -2.37.